The standard InChI is InChI=1S/2C15H33N.C12H24Cl2/c2*1-13(2)7-10-16(11-8-14(3)4)12-9-15(5)6;13-11-9-7-5-3-1-2-4-6-8-10-12-14/h2*13-15H,7-12H2,1-6H3;1-12H2. The molecule has 0 aromatic heterocycles. The molecule has 0 heterocycles. The van der Waals surface area contributed by atoms with Crippen LogP contribution in [0.2, 0.25) is 0 Å². The molecule has 0 aliphatic rings. The molecule has 0 saturated heterocycles. The average Bonchev–Trinajstić information content (AvgIpc) is 2.97. The van der Waals surface area contributed by atoms with Crippen molar-refractivity contribution in [3.05, 3.63) is 0 Å². The summed E-state index contributed by atoms with van der Waals surface area (Å²) in [4.78, 5) is 5.33. The van der Waals surface area contributed by atoms with Gasteiger partial charge in [0.1, 0.15) is 0 Å². The van der Waals surface area contributed by atoms with Gasteiger partial charge in [0, 0.05) is 11.8 Å². The fraction of sp³-hybridized carbons (Fsp3) is 1.00. The molecule has 4 heteroatoms. The summed E-state index contributed by atoms with van der Waals surface area (Å²) in [6, 6.07) is 0. The number of unbranched alkanes of at least 4 members (excludes halogenated alkanes) is 9. The van der Waals surface area contributed by atoms with Crippen LogP contribution in [0.4, 0.5) is 0 Å². The van der Waals surface area contributed by atoms with Crippen LogP contribution in [0.3, 0.4) is 0 Å². The Morgan fingerprint density at radius 3 is 0.565 bits per heavy atom. The predicted octanol–water partition coefficient (Wildman–Crippen LogP) is 14.2. The van der Waals surface area contributed by atoms with Crippen LogP contribution in [0, 0.1) is 35.5 Å². The van der Waals surface area contributed by atoms with Crippen molar-refractivity contribution in [2.75, 3.05) is 51.0 Å². The Hall–Kier alpha value is 0.500. The molecule has 0 aromatic carbocycles. The van der Waals surface area contributed by atoms with Crippen molar-refractivity contribution in [3.63, 3.8) is 0 Å². The molecule has 0 aliphatic carbocycles. The Morgan fingerprint density at radius 2 is 0.435 bits per heavy atom. The quantitative estimate of drug-likeness (QED) is 0.0568. The second kappa shape index (κ2) is 38.3. The van der Waals surface area contributed by atoms with Crippen molar-refractivity contribution in [3.8, 4) is 0 Å². The average molecular weight is 694 g/mol. The zero-order valence-corrected chi connectivity index (χ0v) is 35.6. The zero-order chi connectivity index (χ0) is 35.6. The first-order valence-electron chi connectivity index (χ1n) is 20.3. The molecule has 0 unspecified atom stereocenters. The van der Waals surface area contributed by atoms with E-state index in [-0.39, 0.29) is 0 Å². The normalized spacial score (nSPS) is 11.9. The fourth-order valence-corrected chi connectivity index (χ4v) is 5.30. The van der Waals surface area contributed by atoms with Gasteiger partial charge in [0.15, 0.2) is 0 Å². The summed E-state index contributed by atoms with van der Waals surface area (Å²) >= 11 is 11.2. The summed E-state index contributed by atoms with van der Waals surface area (Å²) in [7, 11) is 0. The van der Waals surface area contributed by atoms with Gasteiger partial charge in [-0.05, 0) is 126 Å². The molecule has 282 valence electrons. The molecule has 0 aliphatic heterocycles. The lowest BCUT2D eigenvalue weighted by atomic mass is 10.1. The second-order valence-electron chi connectivity index (χ2n) is 16.7. The van der Waals surface area contributed by atoms with E-state index in [1.54, 1.807) is 0 Å². The van der Waals surface area contributed by atoms with Crippen LogP contribution in [-0.2, 0) is 0 Å². The van der Waals surface area contributed by atoms with Crippen LogP contribution in [0.1, 0.15) is 186 Å². The van der Waals surface area contributed by atoms with Gasteiger partial charge in [0.25, 0.3) is 0 Å². The molecule has 0 atom stereocenters. The van der Waals surface area contributed by atoms with E-state index in [4.69, 9.17) is 23.2 Å². The summed E-state index contributed by atoms with van der Waals surface area (Å²) in [6.07, 6.45) is 21.4. The van der Waals surface area contributed by atoms with Crippen molar-refractivity contribution in [2.45, 2.75) is 186 Å². The summed E-state index contributed by atoms with van der Waals surface area (Å²) in [6.45, 7) is 35.6. The zero-order valence-electron chi connectivity index (χ0n) is 34.1. The first-order chi connectivity index (χ1) is 21.7. The molecule has 0 N–H and O–H groups in total. The van der Waals surface area contributed by atoms with Crippen LogP contribution >= 0.6 is 23.2 Å². The molecule has 0 bridgehead atoms. The highest BCUT2D eigenvalue weighted by atomic mass is 35.5. The van der Waals surface area contributed by atoms with E-state index >= 15 is 0 Å². The molecule has 2 nitrogen and oxygen atoms in total. The van der Waals surface area contributed by atoms with E-state index in [1.807, 2.05) is 0 Å². The molecular weight excluding hydrogens is 603 g/mol. The van der Waals surface area contributed by atoms with E-state index in [1.165, 1.54) is 142 Å². The van der Waals surface area contributed by atoms with E-state index in [9.17, 15) is 0 Å². The van der Waals surface area contributed by atoms with Crippen LogP contribution in [0.15, 0.2) is 0 Å². The lowest BCUT2D eigenvalue weighted by Gasteiger charge is -2.24. The molecule has 0 rings (SSSR count). The third kappa shape index (κ3) is 48.9. The van der Waals surface area contributed by atoms with Crippen molar-refractivity contribution < 1.29 is 0 Å². The van der Waals surface area contributed by atoms with E-state index in [2.05, 4.69) is 92.9 Å². The molecular formula is C42H90Cl2N2. The number of hydrogen-bond donors (Lipinski definition) is 0. The van der Waals surface area contributed by atoms with E-state index in [0.29, 0.717) is 0 Å². The van der Waals surface area contributed by atoms with Crippen molar-refractivity contribution in [2.24, 2.45) is 35.5 Å². The summed E-state index contributed by atoms with van der Waals surface area (Å²) in [5.74, 6) is 6.67. The first kappa shape index (κ1) is 50.9. The van der Waals surface area contributed by atoms with Crippen molar-refractivity contribution in [1.29, 1.82) is 0 Å². The van der Waals surface area contributed by atoms with Crippen LogP contribution in [-0.4, -0.2) is 60.8 Å². The van der Waals surface area contributed by atoms with Crippen LogP contribution in [0.5, 0.6) is 0 Å². The van der Waals surface area contributed by atoms with Gasteiger partial charge in [-0.25, -0.2) is 0 Å². The van der Waals surface area contributed by atoms with Gasteiger partial charge in [0.05, 0.1) is 0 Å². The molecule has 0 saturated carbocycles. The third-order valence-corrected chi connectivity index (χ3v) is 9.19. The summed E-state index contributed by atoms with van der Waals surface area (Å²) < 4.78 is 0. The smallest absolute Gasteiger partial charge is 0.0223 e. The Kier molecular flexibility index (Phi) is 42.4. The molecule has 0 fully saturated rings. The minimum atomic E-state index is 0.832. The Labute approximate surface area is 304 Å². The van der Waals surface area contributed by atoms with Gasteiger partial charge in [0.2, 0.25) is 0 Å². The number of nitrogens with zero attached hydrogens (tertiary/aromatic N) is 2. The lowest BCUT2D eigenvalue weighted by Crippen LogP contribution is -2.29. The third-order valence-electron chi connectivity index (χ3n) is 8.65. The fourth-order valence-electron chi connectivity index (χ4n) is 4.92. The monoisotopic (exact) mass is 693 g/mol. The van der Waals surface area contributed by atoms with Crippen LogP contribution in [0.25, 0.3) is 0 Å². The van der Waals surface area contributed by atoms with Gasteiger partial charge in [-0.2, -0.15) is 0 Å². The van der Waals surface area contributed by atoms with E-state index < -0.39 is 0 Å². The van der Waals surface area contributed by atoms with Gasteiger partial charge in [-0.3, -0.25) is 0 Å². The second-order valence-corrected chi connectivity index (χ2v) is 17.4. The van der Waals surface area contributed by atoms with Gasteiger partial charge in [-0.1, -0.05) is 134 Å². The molecule has 0 amide bonds. The molecule has 0 spiro atoms. The highest BCUT2D eigenvalue weighted by Crippen LogP contribution is 2.12. The van der Waals surface area contributed by atoms with Gasteiger partial charge in [-0.15, -0.1) is 23.2 Å². The highest BCUT2D eigenvalue weighted by Gasteiger charge is 2.09. The Morgan fingerprint density at radius 1 is 0.283 bits per heavy atom. The Bertz CT molecular complexity index is 443. The minimum absolute atomic E-state index is 0.832. The van der Waals surface area contributed by atoms with Crippen molar-refractivity contribution in [1.82, 2.24) is 9.80 Å². The number of alkyl halides is 2. The number of halogens is 2. The highest BCUT2D eigenvalue weighted by molar-refractivity contribution is 6.18. The summed E-state index contributed by atoms with van der Waals surface area (Å²) in [5.41, 5.74) is 0. The van der Waals surface area contributed by atoms with Gasteiger partial charge < -0.3 is 9.80 Å². The molecule has 0 aromatic rings. The SMILES string of the molecule is CC(C)CCN(CCC(C)C)CCC(C)C.CC(C)CCN(CCC(C)C)CCC(C)C.ClCCCCCCCCCCCCCl. The predicted molar refractivity (Wildman–Crippen MR) is 217 cm³/mol. The maximum atomic E-state index is 5.60. The van der Waals surface area contributed by atoms with E-state index in [0.717, 1.165) is 47.3 Å². The Balaban J connectivity index is -0.000000605. The lowest BCUT2D eigenvalue weighted by molar-refractivity contribution is 0.231. The largest absolute Gasteiger partial charge is 0.303 e. The van der Waals surface area contributed by atoms with Crippen molar-refractivity contribution >= 4 is 23.2 Å². The minimum Gasteiger partial charge on any atom is -0.303 e. The van der Waals surface area contributed by atoms with Crippen LogP contribution < -0.4 is 0 Å². The summed E-state index contributed by atoms with van der Waals surface area (Å²) in [5, 5.41) is 0. The number of hydrogen-bond acceptors (Lipinski definition) is 2. The maximum Gasteiger partial charge on any atom is 0.0223 e. The van der Waals surface area contributed by atoms with Gasteiger partial charge >= 0.3 is 0 Å². The maximum absolute atomic E-state index is 5.60. The molecule has 0 radical (unpaired) electrons. The first-order valence-corrected chi connectivity index (χ1v) is 21.4. The number of rotatable bonds is 29. The topological polar surface area (TPSA) is 6.48 Å². The molecule has 46 heavy (non-hydrogen) atoms.